The fourth-order valence-corrected chi connectivity index (χ4v) is 2.09. The van der Waals surface area contributed by atoms with Crippen LogP contribution in [-0.4, -0.2) is 22.8 Å². The van der Waals surface area contributed by atoms with E-state index in [1.54, 1.807) is 6.07 Å². The number of rotatable bonds is 4. The molecule has 1 aromatic heterocycles. The van der Waals surface area contributed by atoms with Gasteiger partial charge in [-0.15, -0.1) is 0 Å². The molecule has 5 nitrogen and oxygen atoms in total. The molecule has 3 rings (SSSR count). The zero-order chi connectivity index (χ0) is 15.5. The molecule has 0 bridgehead atoms. The summed E-state index contributed by atoms with van der Waals surface area (Å²) in [7, 11) is 0. The average Bonchev–Trinajstić information content (AvgIpc) is 3.33. The van der Waals surface area contributed by atoms with Crippen LogP contribution in [0, 0.1) is 6.92 Å². The summed E-state index contributed by atoms with van der Waals surface area (Å²) in [6, 6.07) is 9.38. The van der Waals surface area contributed by atoms with Gasteiger partial charge in [-0.2, -0.15) is 0 Å². The van der Waals surface area contributed by atoms with Gasteiger partial charge in [0.05, 0.1) is 11.1 Å². The van der Waals surface area contributed by atoms with E-state index in [1.165, 1.54) is 12.4 Å². The van der Waals surface area contributed by atoms with Gasteiger partial charge in [0.25, 0.3) is 11.8 Å². The predicted molar refractivity (Wildman–Crippen MR) is 83.9 cm³/mol. The van der Waals surface area contributed by atoms with Crippen LogP contribution in [0.25, 0.3) is 0 Å². The highest BCUT2D eigenvalue weighted by molar-refractivity contribution is 6.06. The zero-order valence-electron chi connectivity index (χ0n) is 12.3. The molecule has 1 heterocycles. The Morgan fingerprint density at radius 3 is 2.45 bits per heavy atom. The predicted octanol–water partition coefficient (Wildman–Crippen LogP) is 2.53. The summed E-state index contributed by atoms with van der Waals surface area (Å²) < 4.78 is 0. The molecule has 5 heteroatoms. The number of anilines is 1. The van der Waals surface area contributed by atoms with Crippen molar-refractivity contribution in [3.05, 3.63) is 59.4 Å². The van der Waals surface area contributed by atoms with Crippen LogP contribution >= 0.6 is 0 Å². The van der Waals surface area contributed by atoms with Crippen LogP contribution in [0.5, 0.6) is 0 Å². The van der Waals surface area contributed by atoms with Crippen molar-refractivity contribution in [3.8, 4) is 0 Å². The molecule has 2 N–H and O–H groups in total. The highest BCUT2D eigenvalue weighted by Gasteiger charge is 2.24. The van der Waals surface area contributed by atoms with Crippen molar-refractivity contribution in [1.82, 2.24) is 10.3 Å². The maximum Gasteiger partial charge on any atom is 0.257 e. The van der Waals surface area contributed by atoms with Gasteiger partial charge in [0.2, 0.25) is 0 Å². The van der Waals surface area contributed by atoms with Crippen LogP contribution in [0.2, 0.25) is 0 Å². The van der Waals surface area contributed by atoms with Gasteiger partial charge >= 0.3 is 0 Å². The van der Waals surface area contributed by atoms with Gasteiger partial charge in [-0.1, -0.05) is 18.2 Å². The summed E-state index contributed by atoms with van der Waals surface area (Å²) in [5.41, 5.74) is 2.50. The van der Waals surface area contributed by atoms with Crippen LogP contribution < -0.4 is 10.6 Å². The van der Waals surface area contributed by atoms with Crippen molar-refractivity contribution in [2.45, 2.75) is 25.8 Å². The Hall–Kier alpha value is -2.69. The van der Waals surface area contributed by atoms with E-state index in [2.05, 4.69) is 15.6 Å². The number of hydrogen-bond donors (Lipinski definition) is 2. The third kappa shape index (κ3) is 3.31. The van der Waals surface area contributed by atoms with Gasteiger partial charge in [-0.3, -0.25) is 14.6 Å². The number of amides is 2. The lowest BCUT2D eigenvalue weighted by atomic mass is 10.1. The molecular weight excluding hydrogens is 278 g/mol. The molecule has 112 valence electrons. The van der Waals surface area contributed by atoms with Gasteiger partial charge in [-0.25, -0.2) is 0 Å². The Bertz CT molecular complexity index is 723. The van der Waals surface area contributed by atoms with Crippen molar-refractivity contribution in [1.29, 1.82) is 0 Å². The summed E-state index contributed by atoms with van der Waals surface area (Å²) in [5.74, 6) is -0.455. The third-order valence-corrected chi connectivity index (χ3v) is 3.57. The van der Waals surface area contributed by atoms with Gasteiger partial charge in [0.1, 0.15) is 0 Å². The Kier molecular flexibility index (Phi) is 3.87. The molecule has 22 heavy (non-hydrogen) atoms. The standard InChI is InChI=1S/C17H17N3O2/c1-11-4-2-3-5-15(11)20-17(22)13-8-12(9-18-10-13)16(21)19-14-6-7-14/h2-5,8-10,14H,6-7H2,1H3,(H,19,21)(H,20,22). The lowest BCUT2D eigenvalue weighted by Gasteiger charge is -2.09. The Morgan fingerprint density at radius 1 is 1.09 bits per heavy atom. The molecule has 0 atom stereocenters. The molecule has 0 radical (unpaired) electrons. The average molecular weight is 295 g/mol. The third-order valence-electron chi connectivity index (χ3n) is 3.57. The van der Waals surface area contributed by atoms with Crippen LogP contribution in [0.3, 0.4) is 0 Å². The Morgan fingerprint density at radius 2 is 1.77 bits per heavy atom. The summed E-state index contributed by atoms with van der Waals surface area (Å²) in [6.07, 6.45) is 4.98. The largest absolute Gasteiger partial charge is 0.349 e. The molecule has 1 aliphatic carbocycles. The lowest BCUT2D eigenvalue weighted by Crippen LogP contribution is -2.26. The van der Waals surface area contributed by atoms with E-state index < -0.39 is 0 Å². The molecule has 0 saturated heterocycles. The second-order valence-corrected chi connectivity index (χ2v) is 5.48. The number of para-hydroxylation sites is 1. The molecule has 0 unspecified atom stereocenters. The zero-order valence-corrected chi connectivity index (χ0v) is 12.3. The fourth-order valence-electron chi connectivity index (χ4n) is 2.09. The molecule has 0 spiro atoms. The van der Waals surface area contributed by atoms with E-state index in [-0.39, 0.29) is 17.9 Å². The highest BCUT2D eigenvalue weighted by Crippen LogP contribution is 2.19. The molecular formula is C17H17N3O2. The van der Waals surface area contributed by atoms with Gasteiger partial charge in [-0.05, 0) is 37.5 Å². The second kappa shape index (κ2) is 5.97. The van der Waals surface area contributed by atoms with Crippen molar-refractivity contribution in [3.63, 3.8) is 0 Å². The van der Waals surface area contributed by atoms with Gasteiger partial charge in [0, 0.05) is 24.1 Å². The smallest absolute Gasteiger partial charge is 0.257 e. The SMILES string of the molecule is Cc1ccccc1NC(=O)c1cncc(C(=O)NC2CC2)c1. The van der Waals surface area contributed by atoms with Gasteiger partial charge < -0.3 is 10.6 Å². The number of benzene rings is 1. The Balaban J connectivity index is 1.75. The van der Waals surface area contributed by atoms with E-state index in [4.69, 9.17) is 0 Å². The molecule has 0 aliphatic heterocycles. The molecule has 2 amide bonds. The first-order valence-corrected chi connectivity index (χ1v) is 7.26. The summed E-state index contributed by atoms with van der Waals surface area (Å²) in [5, 5.41) is 5.72. The minimum absolute atomic E-state index is 0.180. The molecule has 1 aromatic carbocycles. The van der Waals surface area contributed by atoms with Crippen molar-refractivity contribution >= 4 is 17.5 Å². The van der Waals surface area contributed by atoms with Crippen molar-refractivity contribution in [2.75, 3.05) is 5.32 Å². The quantitative estimate of drug-likeness (QED) is 0.910. The number of hydrogen-bond acceptors (Lipinski definition) is 3. The summed E-state index contributed by atoms with van der Waals surface area (Å²) in [6.45, 7) is 1.92. The first-order chi connectivity index (χ1) is 10.6. The van der Waals surface area contributed by atoms with Crippen LogP contribution in [0.1, 0.15) is 39.1 Å². The maximum absolute atomic E-state index is 12.3. The maximum atomic E-state index is 12.3. The van der Waals surface area contributed by atoms with Crippen LogP contribution in [0.4, 0.5) is 5.69 Å². The number of nitrogens with one attached hydrogen (secondary N) is 2. The van der Waals surface area contributed by atoms with E-state index >= 15 is 0 Å². The topological polar surface area (TPSA) is 71.1 Å². The molecule has 1 saturated carbocycles. The molecule has 1 aliphatic rings. The van der Waals surface area contributed by atoms with E-state index in [1.807, 2.05) is 31.2 Å². The number of carbonyl (C=O) groups is 2. The summed E-state index contributed by atoms with van der Waals surface area (Å²) in [4.78, 5) is 28.3. The number of nitrogens with zero attached hydrogens (tertiary/aromatic N) is 1. The van der Waals surface area contributed by atoms with E-state index in [0.29, 0.717) is 11.1 Å². The number of aromatic nitrogens is 1. The monoisotopic (exact) mass is 295 g/mol. The summed E-state index contributed by atoms with van der Waals surface area (Å²) >= 11 is 0. The first kappa shape index (κ1) is 14.3. The molecule has 1 fully saturated rings. The first-order valence-electron chi connectivity index (χ1n) is 7.26. The van der Waals surface area contributed by atoms with E-state index in [9.17, 15) is 9.59 Å². The highest BCUT2D eigenvalue weighted by atomic mass is 16.2. The van der Waals surface area contributed by atoms with Gasteiger partial charge in [0.15, 0.2) is 0 Å². The lowest BCUT2D eigenvalue weighted by molar-refractivity contribution is 0.0950. The van der Waals surface area contributed by atoms with Crippen molar-refractivity contribution < 1.29 is 9.59 Å². The van der Waals surface area contributed by atoms with Crippen molar-refractivity contribution in [2.24, 2.45) is 0 Å². The van der Waals surface area contributed by atoms with Crippen LogP contribution in [0.15, 0.2) is 42.7 Å². The number of carbonyl (C=O) groups excluding carboxylic acids is 2. The number of pyridine rings is 1. The minimum atomic E-state index is -0.275. The number of aryl methyl sites for hydroxylation is 1. The van der Waals surface area contributed by atoms with E-state index in [0.717, 1.165) is 24.1 Å². The second-order valence-electron chi connectivity index (χ2n) is 5.48. The Labute approximate surface area is 128 Å². The van der Waals surface area contributed by atoms with Crippen LogP contribution in [-0.2, 0) is 0 Å². The molecule has 2 aromatic rings. The minimum Gasteiger partial charge on any atom is -0.349 e. The normalized spacial score (nSPS) is 13.5. The fraction of sp³-hybridized carbons (Fsp3) is 0.235.